The maximum Gasteiger partial charge on any atom is 0.126 e. The first-order valence-corrected chi connectivity index (χ1v) is 4.35. The number of ether oxygens (including phenoxy) is 1. The minimum atomic E-state index is 0.231. The van der Waals surface area contributed by atoms with Crippen LogP contribution in [0.4, 0.5) is 0 Å². The van der Waals surface area contributed by atoms with Gasteiger partial charge in [0.15, 0.2) is 0 Å². The van der Waals surface area contributed by atoms with Crippen LogP contribution >= 0.6 is 0 Å². The Hall–Kier alpha value is -1.22. The van der Waals surface area contributed by atoms with Gasteiger partial charge in [0.25, 0.3) is 0 Å². The van der Waals surface area contributed by atoms with Crippen molar-refractivity contribution < 1.29 is 9.84 Å². The number of aromatic hydroxyl groups is 1. The molecular weight excluding hydrogens is 166 g/mol. The highest BCUT2D eigenvalue weighted by Crippen LogP contribution is 2.44. The van der Waals surface area contributed by atoms with Crippen LogP contribution in [-0.2, 0) is 0 Å². The second-order valence-electron chi connectivity index (χ2n) is 3.43. The summed E-state index contributed by atoms with van der Waals surface area (Å²) in [6.45, 7) is 0. The van der Waals surface area contributed by atoms with Gasteiger partial charge in [-0.2, -0.15) is 0 Å². The molecular formula is C10H13NO2. The average molecular weight is 179 g/mol. The molecule has 1 fully saturated rings. The molecule has 3 N–H and O–H groups in total. The van der Waals surface area contributed by atoms with E-state index in [1.165, 1.54) is 0 Å². The van der Waals surface area contributed by atoms with Gasteiger partial charge in [-0.3, -0.25) is 0 Å². The number of benzene rings is 1. The molecule has 2 atom stereocenters. The fraction of sp³-hybridized carbons (Fsp3) is 0.400. The first kappa shape index (κ1) is 8.38. The Labute approximate surface area is 77.1 Å². The van der Waals surface area contributed by atoms with E-state index in [4.69, 9.17) is 10.5 Å². The molecule has 0 spiro atoms. The molecule has 0 bridgehead atoms. The standard InChI is InChI=1S/C10H13NO2/c1-13-10-4-6(12)2-3-7(10)8-5-9(8)11/h2-4,8-9,12H,5,11H2,1H3. The topological polar surface area (TPSA) is 55.5 Å². The Morgan fingerprint density at radius 1 is 1.54 bits per heavy atom. The molecule has 3 nitrogen and oxygen atoms in total. The number of phenolic OH excluding ortho intramolecular Hbond substituents is 1. The molecule has 1 aliphatic carbocycles. The predicted octanol–water partition coefficient (Wildman–Crippen LogP) is 1.22. The minimum absolute atomic E-state index is 0.231. The molecule has 1 saturated carbocycles. The first-order chi connectivity index (χ1) is 6.22. The largest absolute Gasteiger partial charge is 0.508 e. The van der Waals surface area contributed by atoms with Gasteiger partial charge in [-0.1, -0.05) is 6.07 Å². The fourth-order valence-electron chi connectivity index (χ4n) is 1.58. The summed E-state index contributed by atoms with van der Waals surface area (Å²) in [6.07, 6.45) is 1.02. The third-order valence-electron chi connectivity index (χ3n) is 2.46. The molecule has 0 aliphatic heterocycles. The summed E-state index contributed by atoms with van der Waals surface area (Å²) >= 11 is 0. The molecule has 70 valence electrons. The van der Waals surface area contributed by atoms with Crippen molar-refractivity contribution in [2.75, 3.05) is 7.11 Å². The molecule has 1 aliphatic rings. The fourth-order valence-corrected chi connectivity index (χ4v) is 1.58. The van der Waals surface area contributed by atoms with E-state index in [-0.39, 0.29) is 11.8 Å². The van der Waals surface area contributed by atoms with Crippen LogP contribution < -0.4 is 10.5 Å². The monoisotopic (exact) mass is 179 g/mol. The van der Waals surface area contributed by atoms with Crippen molar-refractivity contribution >= 4 is 0 Å². The van der Waals surface area contributed by atoms with Crippen LogP contribution in [-0.4, -0.2) is 18.3 Å². The SMILES string of the molecule is COc1cc(O)ccc1C1CC1N. The molecule has 1 aromatic rings. The minimum Gasteiger partial charge on any atom is -0.508 e. The molecule has 1 aromatic carbocycles. The predicted molar refractivity (Wildman–Crippen MR) is 50.0 cm³/mol. The van der Waals surface area contributed by atoms with E-state index < -0.39 is 0 Å². The van der Waals surface area contributed by atoms with Crippen LogP contribution in [0, 0.1) is 0 Å². The zero-order valence-electron chi connectivity index (χ0n) is 7.53. The van der Waals surface area contributed by atoms with Gasteiger partial charge < -0.3 is 15.6 Å². The molecule has 3 heteroatoms. The molecule has 2 rings (SSSR count). The van der Waals surface area contributed by atoms with Crippen molar-refractivity contribution in [2.45, 2.75) is 18.4 Å². The van der Waals surface area contributed by atoms with Crippen LogP contribution in [0.2, 0.25) is 0 Å². The number of hydrogen-bond donors (Lipinski definition) is 2. The van der Waals surface area contributed by atoms with Crippen molar-refractivity contribution in [3.63, 3.8) is 0 Å². The van der Waals surface area contributed by atoms with Crippen LogP contribution in [0.15, 0.2) is 18.2 Å². The normalized spacial score (nSPS) is 25.7. The first-order valence-electron chi connectivity index (χ1n) is 4.35. The second kappa shape index (κ2) is 2.92. The smallest absolute Gasteiger partial charge is 0.126 e. The molecule has 0 radical (unpaired) electrons. The molecule has 0 aromatic heterocycles. The Bertz CT molecular complexity index is 325. The number of phenols is 1. The van der Waals surface area contributed by atoms with Gasteiger partial charge in [0, 0.05) is 18.0 Å². The summed E-state index contributed by atoms with van der Waals surface area (Å²) in [5.74, 6) is 1.38. The molecule has 0 heterocycles. The van der Waals surface area contributed by atoms with E-state index in [2.05, 4.69) is 0 Å². The van der Waals surface area contributed by atoms with Crippen molar-refractivity contribution in [1.29, 1.82) is 0 Å². The summed E-state index contributed by atoms with van der Waals surface area (Å²) in [5.41, 5.74) is 6.85. The van der Waals surface area contributed by atoms with E-state index in [0.717, 1.165) is 17.7 Å². The van der Waals surface area contributed by atoms with Crippen LogP contribution in [0.5, 0.6) is 11.5 Å². The molecule has 13 heavy (non-hydrogen) atoms. The second-order valence-corrected chi connectivity index (χ2v) is 3.43. The quantitative estimate of drug-likeness (QED) is 0.717. The maximum atomic E-state index is 9.23. The van der Waals surface area contributed by atoms with Crippen LogP contribution in [0.25, 0.3) is 0 Å². The third kappa shape index (κ3) is 1.47. The Kier molecular flexibility index (Phi) is 1.88. The lowest BCUT2D eigenvalue weighted by atomic mass is 10.1. The van der Waals surface area contributed by atoms with Crippen molar-refractivity contribution in [2.24, 2.45) is 5.73 Å². The van der Waals surface area contributed by atoms with E-state index >= 15 is 0 Å². The molecule has 0 saturated heterocycles. The summed E-state index contributed by atoms with van der Waals surface area (Å²) in [4.78, 5) is 0. The van der Waals surface area contributed by atoms with Crippen molar-refractivity contribution in [3.8, 4) is 11.5 Å². The Morgan fingerprint density at radius 3 is 2.77 bits per heavy atom. The number of hydrogen-bond acceptors (Lipinski definition) is 3. The van der Waals surface area contributed by atoms with Gasteiger partial charge >= 0.3 is 0 Å². The number of methoxy groups -OCH3 is 1. The van der Waals surface area contributed by atoms with Gasteiger partial charge in [-0.05, 0) is 18.1 Å². The van der Waals surface area contributed by atoms with Gasteiger partial charge in [-0.15, -0.1) is 0 Å². The average Bonchev–Trinajstić information content (AvgIpc) is 2.82. The maximum absolute atomic E-state index is 9.23. The lowest BCUT2D eigenvalue weighted by Crippen LogP contribution is -2.02. The Morgan fingerprint density at radius 2 is 2.23 bits per heavy atom. The van der Waals surface area contributed by atoms with Gasteiger partial charge in [0.2, 0.25) is 0 Å². The van der Waals surface area contributed by atoms with Gasteiger partial charge in [0.1, 0.15) is 11.5 Å². The van der Waals surface area contributed by atoms with Gasteiger partial charge in [0.05, 0.1) is 7.11 Å². The third-order valence-corrected chi connectivity index (χ3v) is 2.46. The van der Waals surface area contributed by atoms with Crippen molar-refractivity contribution in [3.05, 3.63) is 23.8 Å². The lowest BCUT2D eigenvalue weighted by molar-refractivity contribution is 0.402. The molecule has 0 amide bonds. The Balaban J connectivity index is 2.34. The highest BCUT2D eigenvalue weighted by Gasteiger charge is 2.36. The zero-order valence-corrected chi connectivity index (χ0v) is 7.53. The van der Waals surface area contributed by atoms with Crippen molar-refractivity contribution in [1.82, 2.24) is 0 Å². The van der Waals surface area contributed by atoms with E-state index in [0.29, 0.717) is 5.92 Å². The zero-order chi connectivity index (χ0) is 9.42. The van der Waals surface area contributed by atoms with Crippen LogP contribution in [0.3, 0.4) is 0 Å². The van der Waals surface area contributed by atoms with Crippen LogP contribution in [0.1, 0.15) is 17.9 Å². The summed E-state index contributed by atoms with van der Waals surface area (Å²) < 4.78 is 5.16. The highest BCUT2D eigenvalue weighted by atomic mass is 16.5. The number of rotatable bonds is 2. The molecule has 2 unspecified atom stereocenters. The van der Waals surface area contributed by atoms with E-state index in [1.54, 1.807) is 19.2 Å². The summed E-state index contributed by atoms with van der Waals surface area (Å²) in [6, 6.07) is 5.44. The lowest BCUT2D eigenvalue weighted by Gasteiger charge is -2.07. The van der Waals surface area contributed by atoms with E-state index in [1.807, 2.05) is 6.07 Å². The number of nitrogens with two attached hydrogens (primary N) is 1. The van der Waals surface area contributed by atoms with E-state index in [9.17, 15) is 5.11 Å². The summed E-state index contributed by atoms with van der Waals surface area (Å²) in [5, 5.41) is 9.23. The highest BCUT2D eigenvalue weighted by molar-refractivity contribution is 5.45. The summed E-state index contributed by atoms with van der Waals surface area (Å²) in [7, 11) is 1.60. The van der Waals surface area contributed by atoms with Gasteiger partial charge in [-0.25, -0.2) is 0 Å².